The normalized spacial score (nSPS) is 10.9. The van der Waals surface area contributed by atoms with Gasteiger partial charge in [-0.1, -0.05) is 16.9 Å². The molecule has 0 bridgehead atoms. The zero-order chi connectivity index (χ0) is 21.1. The third kappa shape index (κ3) is 4.35. The Hall–Kier alpha value is -3.60. The predicted molar refractivity (Wildman–Crippen MR) is 105 cm³/mol. The number of nitrogens with one attached hydrogen (secondary N) is 1. The number of thioether (sulfide) groups is 1. The fourth-order valence-corrected chi connectivity index (χ4v) is 3.23. The summed E-state index contributed by atoms with van der Waals surface area (Å²) in [6, 6.07) is 11.2. The van der Waals surface area contributed by atoms with E-state index in [1.807, 2.05) is 0 Å². The summed E-state index contributed by atoms with van der Waals surface area (Å²) in [5.41, 5.74) is 1.10. The smallest absolute Gasteiger partial charge is 0.296 e. The van der Waals surface area contributed by atoms with Crippen molar-refractivity contribution in [3.8, 4) is 23.1 Å². The minimum absolute atomic E-state index is 0.0774. The Morgan fingerprint density at radius 2 is 1.73 bits per heavy atom. The Morgan fingerprint density at radius 1 is 1.07 bits per heavy atom. The second-order valence-corrected chi connectivity index (χ2v) is 7.08. The van der Waals surface area contributed by atoms with E-state index in [2.05, 4.69) is 25.7 Å². The van der Waals surface area contributed by atoms with E-state index in [-0.39, 0.29) is 29.2 Å². The molecule has 152 valence electrons. The van der Waals surface area contributed by atoms with Crippen LogP contribution in [-0.4, -0.2) is 36.6 Å². The third-order valence-electron chi connectivity index (χ3n) is 4.01. The van der Waals surface area contributed by atoms with Gasteiger partial charge in [0.25, 0.3) is 5.89 Å². The van der Waals surface area contributed by atoms with Crippen LogP contribution in [0.1, 0.15) is 0 Å². The van der Waals surface area contributed by atoms with Gasteiger partial charge in [-0.3, -0.25) is 4.79 Å². The molecule has 0 saturated heterocycles. The molecule has 4 rings (SSSR count). The number of benzene rings is 2. The van der Waals surface area contributed by atoms with Crippen LogP contribution in [0.15, 0.2) is 58.2 Å². The van der Waals surface area contributed by atoms with Gasteiger partial charge in [-0.25, -0.2) is 8.78 Å². The summed E-state index contributed by atoms with van der Waals surface area (Å²) >= 11 is 1.17. The van der Waals surface area contributed by atoms with Crippen LogP contribution in [-0.2, 0) is 11.8 Å². The molecule has 0 aliphatic heterocycles. The monoisotopic (exact) mass is 428 g/mol. The lowest BCUT2D eigenvalue weighted by Crippen LogP contribution is -2.14. The van der Waals surface area contributed by atoms with E-state index in [1.54, 1.807) is 23.7 Å². The fourth-order valence-electron chi connectivity index (χ4n) is 2.52. The highest BCUT2D eigenvalue weighted by molar-refractivity contribution is 7.99. The minimum atomic E-state index is -0.377. The average molecular weight is 428 g/mol. The average Bonchev–Trinajstić information content (AvgIpc) is 3.35. The van der Waals surface area contributed by atoms with Crippen molar-refractivity contribution in [2.45, 2.75) is 5.16 Å². The van der Waals surface area contributed by atoms with E-state index < -0.39 is 0 Å². The molecule has 11 heteroatoms. The molecule has 1 amide bonds. The van der Waals surface area contributed by atoms with Crippen LogP contribution >= 0.6 is 11.8 Å². The Labute approximate surface area is 173 Å². The first kappa shape index (κ1) is 19.7. The number of rotatable bonds is 6. The van der Waals surface area contributed by atoms with Crippen LogP contribution < -0.4 is 5.32 Å². The number of nitrogens with zero attached hydrogens (tertiary/aromatic N) is 5. The summed E-state index contributed by atoms with van der Waals surface area (Å²) < 4.78 is 32.9. The number of carbonyl (C=O) groups is 1. The second-order valence-electron chi connectivity index (χ2n) is 6.14. The molecule has 30 heavy (non-hydrogen) atoms. The van der Waals surface area contributed by atoms with Crippen LogP contribution in [0.5, 0.6) is 0 Å². The minimum Gasteiger partial charge on any atom is -0.330 e. The predicted octanol–water partition coefficient (Wildman–Crippen LogP) is 3.54. The summed E-state index contributed by atoms with van der Waals surface area (Å²) in [5.74, 6) is -0.162. The highest BCUT2D eigenvalue weighted by atomic mass is 32.2. The zero-order valence-corrected chi connectivity index (χ0v) is 16.4. The maximum absolute atomic E-state index is 13.1. The zero-order valence-electron chi connectivity index (χ0n) is 15.5. The van der Waals surface area contributed by atoms with E-state index in [4.69, 9.17) is 4.52 Å². The van der Waals surface area contributed by atoms with Crippen molar-refractivity contribution in [3.05, 3.63) is 60.2 Å². The van der Waals surface area contributed by atoms with Crippen LogP contribution in [0.4, 0.5) is 14.5 Å². The molecular weight excluding hydrogens is 414 g/mol. The number of anilines is 1. The molecule has 0 spiro atoms. The lowest BCUT2D eigenvalue weighted by Gasteiger charge is -2.05. The first-order valence-corrected chi connectivity index (χ1v) is 9.66. The van der Waals surface area contributed by atoms with Gasteiger partial charge >= 0.3 is 0 Å². The first-order valence-electron chi connectivity index (χ1n) is 8.67. The molecule has 2 heterocycles. The van der Waals surface area contributed by atoms with Gasteiger partial charge in [-0.15, -0.1) is 10.2 Å². The number of hydrogen-bond acceptors (Lipinski definition) is 7. The van der Waals surface area contributed by atoms with Crippen molar-refractivity contribution < 1.29 is 18.1 Å². The summed E-state index contributed by atoms with van der Waals surface area (Å²) in [5, 5.41) is 15.1. The van der Waals surface area contributed by atoms with Gasteiger partial charge in [0.15, 0.2) is 5.16 Å². The Kier molecular flexibility index (Phi) is 5.53. The maximum atomic E-state index is 13.1. The molecule has 0 fully saturated rings. The van der Waals surface area contributed by atoms with Crippen molar-refractivity contribution >= 4 is 23.4 Å². The highest BCUT2D eigenvalue weighted by Crippen LogP contribution is 2.24. The molecule has 0 saturated carbocycles. The van der Waals surface area contributed by atoms with Crippen LogP contribution in [0, 0.1) is 11.6 Å². The lowest BCUT2D eigenvalue weighted by atomic mass is 10.2. The topological polar surface area (TPSA) is 98.7 Å². The van der Waals surface area contributed by atoms with Crippen molar-refractivity contribution in [2.75, 3.05) is 11.1 Å². The van der Waals surface area contributed by atoms with Crippen LogP contribution in [0.3, 0.4) is 0 Å². The van der Waals surface area contributed by atoms with E-state index in [9.17, 15) is 13.6 Å². The summed E-state index contributed by atoms with van der Waals surface area (Å²) in [6.45, 7) is 0. The Morgan fingerprint density at radius 3 is 2.43 bits per heavy atom. The summed E-state index contributed by atoms with van der Waals surface area (Å²) in [7, 11) is 1.71. The number of halogens is 2. The van der Waals surface area contributed by atoms with Gasteiger partial charge in [-0.05, 0) is 48.5 Å². The summed E-state index contributed by atoms with van der Waals surface area (Å²) in [6.07, 6.45) is 0. The molecule has 2 aromatic carbocycles. The molecule has 0 aliphatic carbocycles. The molecule has 0 atom stereocenters. The van der Waals surface area contributed by atoms with Gasteiger partial charge in [-0.2, -0.15) is 4.98 Å². The number of aromatic nitrogens is 5. The number of amides is 1. The largest absolute Gasteiger partial charge is 0.330 e. The first-order chi connectivity index (χ1) is 14.5. The van der Waals surface area contributed by atoms with Gasteiger partial charge in [0.2, 0.25) is 17.6 Å². The molecule has 0 radical (unpaired) electrons. The number of hydrogen-bond donors (Lipinski definition) is 1. The van der Waals surface area contributed by atoms with E-state index in [0.717, 1.165) is 0 Å². The standard InChI is InChI=1S/C19H14F2N6O2S/c1-27-17(18-23-16(26-29-18)11-2-4-12(20)5-3-11)24-25-19(27)30-10-15(28)22-14-8-6-13(21)7-9-14/h2-9H,10H2,1H3,(H,22,28). The van der Waals surface area contributed by atoms with E-state index in [1.165, 1.54) is 48.2 Å². The fraction of sp³-hybridized carbons (Fsp3) is 0.105. The molecular formula is C19H14F2N6O2S. The van der Waals surface area contributed by atoms with Gasteiger partial charge in [0.05, 0.1) is 5.75 Å². The SMILES string of the molecule is Cn1c(SCC(=O)Nc2ccc(F)cc2)nnc1-c1nc(-c2ccc(F)cc2)no1. The van der Waals surface area contributed by atoms with Crippen LogP contribution in [0.25, 0.3) is 23.1 Å². The molecule has 0 unspecified atom stereocenters. The van der Waals surface area contributed by atoms with Crippen molar-refractivity contribution in [3.63, 3.8) is 0 Å². The Bertz CT molecular complexity index is 1170. The van der Waals surface area contributed by atoms with Crippen molar-refractivity contribution in [2.24, 2.45) is 7.05 Å². The van der Waals surface area contributed by atoms with Crippen LogP contribution in [0.2, 0.25) is 0 Å². The molecule has 2 aromatic heterocycles. The number of carbonyl (C=O) groups excluding carboxylic acids is 1. The molecule has 0 aliphatic rings. The Balaban J connectivity index is 1.42. The maximum Gasteiger partial charge on any atom is 0.296 e. The molecule has 1 N–H and O–H groups in total. The lowest BCUT2D eigenvalue weighted by molar-refractivity contribution is -0.113. The van der Waals surface area contributed by atoms with Gasteiger partial charge in [0, 0.05) is 18.3 Å². The second kappa shape index (κ2) is 8.41. The van der Waals surface area contributed by atoms with E-state index >= 15 is 0 Å². The van der Waals surface area contributed by atoms with Crippen molar-refractivity contribution in [1.29, 1.82) is 0 Å². The molecule has 4 aromatic rings. The van der Waals surface area contributed by atoms with Crippen molar-refractivity contribution in [1.82, 2.24) is 24.9 Å². The quantitative estimate of drug-likeness (QED) is 0.469. The van der Waals surface area contributed by atoms with E-state index in [0.29, 0.717) is 28.1 Å². The highest BCUT2D eigenvalue weighted by Gasteiger charge is 2.19. The molecule has 8 nitrogen and oxygen atoms in total. The third-order valence-corrected chi connectivity index (χ3v) is 5.04. The summed E-state index contributed by atoms with van der Waals surface area (Å²) in [4.78, 5) is 16.4. The van der Waals surface area contributed by atoms with Gasteiger partial charge < -0.3 is 14.4 Å². The van der Waals surface area contributed by atoms with Gasteiger partial charge in [0.1, 0.15) is 11.6 Å².